The minimum Gasteiger partial charge on any atom is -0.363 e. The maximum atomic E-state index is 15.3. The Balaban J connectivity index is 1.71. The number of benzene rings is 1. The number of fused-ring (bicyclic) bond motifs is 1. The number of anilines is 2. The van der Waals surface area contributed by atoms with Gasteiger partial charge in [0.05, 0.1) is 16.5 Å². The van der Waals surface area contributed by atoms with Crippen molar-refractivity contribution in [2.75, 3.05) is 23.7 Å². The number of nitrogens with zero attached hydrogens (tertiary/aromatic N) is 3. The number of hydrogen-bond donors (Lipinski definition) is 2. The largest absolute Gasteiger partial charge is 0.363 e. The van der Waals surface area contributed by atoms with Crippen LogP contribution in [-0.2, 0) is 10.0 Å². The van der Waals surface area contributed by atoms with E-state index in [-0.39, 0.29) is 16.8 Å². The van der Waals surface area contributed by atoms with Crippen LogP contribution in [0.3, 0.4) is 0 Å². The predicted molar refractivity (Wildman–Crippen MR) is 136 cm³/mol. The summed E-state index contributed by atoms with van der Waals surface area (Å²) in [6.45, 7) is 3.27. The van der Waals surface area contributed by atoms with Crippen molar-refractivity contribution >= 4 is 38.3 Å². The standard InChI is InChI=1S/C25H26FN5O3S/c1-5-15(2)35(33,34)30-21-8-6-7-18(23(21)26)24(32)20-14-29-25-19(20)11-17(13-28-25)16-9-10-22(27-12-16)31(3)4/h6-15,30H,5H2,1-4H3,(H,28,29). The van der Waals surface area contributed by atoms with Crippen molar-refractivity contribution in [1.29, 1.82) is 0 Å². The Morgan fingerprint density at radius 2 is 1.86 bits per heavy atom. The maximum Gasteiger partial charge on any atom is 0.235 e. The van der Waals surface area contributed by atoms with Gasteiger partial charge >= 0.3 is 0 Å². The van der Waals surface area contributed by atoms with Gasteiger partial charge in [-0.15, -0.1) is 0 Å². The van der Waals surface area contributed by atoms with Crippen molar-refractivity contribution in [2.24, 2.45) is 0 Å². The quantitative estimate of drug-likeness (QED) is 0.346. The van der Waals surface area contributed by atoms with Crippen LogP contribution in [0.25, 0.3) is 22.2 Å². The van der Waals surface area contributed by atoms with E-state index >= 15 is 4.39 Å². The van der Waals surface area contributed by atoms with Crippen LogP contribution in [0.4, 0.5) is 15.9 Å². The highest BCUT2D eigenvalue weighted by molar-refractivity contribution is 7.93. The molecule has 1 aromatic carbocycles. The number of sulfonamides is 1. The zero-order chi connectivity index (χ0) is 25.3. The second kappa shape index (κ2) is 9.46. The fourth-order valence-electron chi connectivity index (χ4n) is 3.57. The summed E-state index contributed by atoms with van der Waals surface area (Å²) in [6.07, 6.45) is 5.24. The van der Waals surface area contributed by atoms with Gasteiger partial charge < -0.3 is 9.88 Å². The first-order valence-electron chi connectivity index (χ1n) is 11.1. The van der Waals surface area contributed by atoms with Crippen LogP contribution in [0, 0.1) is 5.82 Å². The molecular formula is C25H26FN5O3S. The molecule has 8 nitrogen and oxygen atoms in total. The molecule has 1 atom stereocenters. The number of ketones is 1. The van der Waals surface area contributed by atoms with E-state index in [9.17, 15) is 13.2 Å². The summed E-state index contributed by atoms with van der Waals surface area (Å²) in [5.74, 6) is -0.704. The SMILES string of the molecule is CCC(C)S(=O)(=O)Nc1cccc(C(=O)c2c[nH]c3ncc(-c4ccc(N(C)C)nc4)cc23)c1F. The molecule has 0 saturated heterocycles. The molecule has 0 radical (unpaired) electrons. The lowest BCUT2D eigenvalue weighted by Gasteiger charge is -2.14. The summed E-state index contributed by atoms with van der Waals surface area (Å²) in [5, 5.41) is -0.185. The molecule has 0 bridgehead atoms. The van der Waals surface area contributed by atoms with Gasteiger partial charge in [0.2, 0.25) is 10.0 Å². The van der Waals surface area contributed by atoms with Crippen LogP contribution in [-0.4, -0.2) is 48.5 Å². The van der Waals surface area contributed by atoms with Gasteiger partial charge in [-0.2, -0.15) is 0 Å². The third kappa shape index (κ3) is 4.74. The monoisotopic (exact) mass is 495 g/mol. The summed E-state index contributed by atoms with van der Waals surface area (Å²) in [6, 6.07) is 9.66. The second-order valence-electron chi connectivity index (χ2n) is 8.48. The van der Waals surface area contributed by atoms with Crippen molar-refractivity contribution in [1.82, 2.24) is 15.0 Å². The third-order valence-electron chi connectivity index (χ3n) is 5.92. The van der Waals surface area contributed by atoms with Gasteiger partial charge in [0.1, 0.15) is 11.5 Å². The first-order valence-corrected chi connectivity index (χ1v) is 12.6. The number of aromatic nitrogens is 3. The molecule has 1 unspecified atom stereocenters. The number of halogens is 1. The Hall–Kier alpha value is -3.79. The third-order valence-corrected chi connectivity index (χ3v) is 7.81. The van der Waals surface area contributed by atoms with Crippen LogP contribution in [0.5, 0.6) is 0 Å². The Kier molecular flexibility index (Phi) is 6.58. The first-order chi connectivity index (χ1) is 16.6. The molecule has 182 valence electrons. The molecule has 2 N–H and O–H groups in total. The lowest BCUT2D eigenvalue weighted by Crippen LogP contribution is -2.25. The average molecular weight is 496 g/mol. The highest BCUT2D eigenvalue weighted by Gasteiger charge is 2.24. The molecule has 3 aromatic heterocycles. The maximum absolute atomic E-state index is 15.3. The lowest BCUT2D eigenvalue weighted by atomic mass is 10.0. The number of aromatic amines is 1. The van der Waals surface area contributed by atoms with E-state index in [2.05, 4.69) is 19.7 Å². The summed E-state index contributed by atoms with van der Waals surface area (Å²) < 4.78 is 42.4. The molecule has 0 spiro atoms. The van der Waals surface area contributed by atoms with Crippen molar-refractivity contribution in [3.05, 3.63) is 71.9 Å². The molecule has 4 aromatic rings. The van der Waals surface area contributed by atoms with Crippen LogP contribution >= 0.6 is 0 Å². The second-order valence-corrected chi connectivity index (χ2v) is 10.6. The fraction of sp³-hybridized carbons (Fsp3) is 0.240. The number of carbonyl (C=O) groups is 1. The van der Waals surface area contributed by atoms with Crippen molar-refractivity contribution in [3.8, 4) is 11.1 Å². The predicted octanol–water partition coefficient (Wildman–Crippen LogP) is 4.60. The van der Waals surface area contributed by atoms with Gasteiger partial charge in [0.15, 0.2) is 11.6 Å². The van der Waals surface area contributed by atoms with Crippen LogP contribution in [0.15, 0.2) is 55.0 Å². The molecule has 0 aliphatic rings. The van der Waals surface area contributed by atoms with Gasteiger partial charge in [-0.25, -0.2) is 22.8 Å². The number of nitrogens with one attached hydrogen (secondary N) is 2. The van der Waals surface area contributed by atoms with Crippen molar-refractivity contribution in [2.45, 2.75) is 25.5 Å². The zero-order valence-electron chi connectivity index (χ0n) is 19.8. The van der Waals surface area contributed by atoms with Crippen LogP contribution < -0.4 is 9.62 Å². The Morgan fingerprint density at radius 3 is 2.51 bits per heavy atom. The number of H-pyrrole nitrogens is 1. The Labute approximate surface area is 203 Å². The highest BCUT2D eigenvalue weighted by atomic mass is 32.2. The summed E-state index contributed by atoms with van der Waals surface area (Å²) in [4.78, 5) is 27.0. The van der Waals surface area contributed by atoms with Crippen LogP contribution in [0.2, 0.25) is 0 Å². The van der Waals surface area contributed by atoms with E-state index in [1.807, 2.05) is 31.1 Å². The highest BCUT2D eigenvalue weighted by Crippen LogP contribution is 2.29. The van der Waals surface area contributed by atoms with Gasteiger partial charge in [-0.3, -0.25) is 9.52 Å². The number of hydrogen-bond acceptors (Lipinski definition) is 6. The molecule has 0 aliphatic carbocycles. The van der Waals surface area contributed by atoms with Gasteiger partial charge in [-0.05, 0) is 43.7 Å². The summed E-state index contributed by atoms with van der Waals surface area (Å²) in [5.41, 5.74) is 1.77. The summed E-state index contributed by atoms with van der Waals surface area (Å²) >= 11 is 0. The first kappa shape index (κ1) is 24.3. The normalized spacial score (nSPS) is 12.5. The smallest absolute Gasteiger partial charge is 0.235 e. The molecule has 35 heavy (non-hydrogen) atoms. The van der Waals surface area contributed by atoms with E-state index in [0.717, 1.165) is 16.9 Å². The molecule has 0 fully saturated rings. The zero-order valence-corrected chi connectivity index (χ0v) is 20.6. The molecule has 4 rings (SSSR count). The van der Waals surface area contributed by atoms with Crippen molar-refractivity contribution in [3.63, 3.8) is 0 Å². The van der Waals surface area contributed by atoms with Gasteiger partial charge in [-0.1, -0.05) is 13.0 Å². The molecule has 0 amide bonds. The van der Waals surface area contributed by atoms with E-state index in [1.165, 1.54) is 31.3 Å². The molecule has 3 heterocycles. The van der Waals surface area contributed by atoms with E-state index in [1.54, 1.807) is 25.4 Å². The number of pyridine rings is 2. The Morgan fingerprint density at radius 1 is 1.11 bits per heavy atom. The molecular weight excluding hydrogens is 469 g/mol. The number of carbonyl (C=O) groups excluding carboxylic acids is 1. The van der Waals surface area contributed by atoms with E-state index in [4.69, 9.17) is 0 Å². The fourth-order valence-corrected chi connectivity index (χ4v) is 4.68. The molecule has 10 heteroatoms. The van der Waals surface area contributed by atoms with Gasteiger partial charge in [0.25, 0.3) is 0 Å². The number of rotatable bonds is 8. The Bertz CT molecular complexity index is 1500. The van der Waals surface area contributed by atoms with Gasteiger partial charge in [0, 0.05) is 54.8 Å². The lowest BCUT2D eigenvalue weighted by molar-refractivity contribution is 0.103. The minimum atomic E-state index is -3.79. The molecule has 0 saturated carbocycles. The van der Waals surface area contributed by atoms with E-state index in [0.29, 0.717) is 17.5 Å². The minimum absolute atomic E-state index is 0.230. The van der Waals surface area contributed by atoms with E-state index < -0.39 is 26.9 Å². The summed E-state index contributed by atoms with van der Waals surface area (Å²) in [7, 11) is 0.0111. The average Bonchev–Trinajstić information content (AvgIpc) is 3.27. The topological polar surface area (TPSA) is 108 Å². The van der Waals surface area contributed by atoms with Crippen LogP contribution in [0.1, 0.15) is 36.2 Å². The molecule has 0 aliphatic heterocycles. The van der Waals surface area contributed by atoms with Crippen molar-refractivity contribution < 1.29 is 17.6 Å².